The van der Waals surface area contributed by atoms with Crippen molar-refractivity contribution in [3.05, 3.63) is 130 Å². The van der Waals surface area contributed by atoms with Gasteiger partial charge in [-0.3, -0.25) is 13.9 Å². The van der Waals surface area contributed by atoms with Gasteiger partial charge in [0.2, 0.25) is 11.8 Å². The lowest BCUT2D eigenvalue weighted by atomic mass is 10.0. The molecule has 0 radical (unpaired) electrons. The van der Waals surface area contributed by atoms with Gasteiger partial charge in [0, 0.05) is 24.0 Å². The molecule has 1 saturated carbocycles. The van der Waals surface area contributed by atoms with Crippen LogP contribution in [0.15, 0.2) is 108 Å². The quantitative estimate of drug-likeness (QED) is 0.172. The zero-order chi connectivity index (χ0) is 32.7. The van der Waals surface area contributed by atoms with Gasteiger partial charge in [-0.1, -0.05) is 114 Å². The average Bonchev–Trinajstić information content (AvgIpc) is 3.56. The number of nitrogens with one attached hydrogen (secondary N) is 1. The van der Waals surface area contributed by atoms with Gasteiger partial charge in [-0.2, -0.15) is 0 Å². The Balaban J connectivity index is 1.58. The minimum Gasteiger partial charge on any atom is -0.352 e. The van der Waals surface area contributed by atoms with Gasteiger partial charge in [-0.15, -0.1) is 0 Å². The molecule has 4 aromatic carbocycles. The zero-order valence-electron chi connectivity index (χ0n) is 25.6. The average molecular weight is 679 g/mol. The van der Waals surface area contributed by atoms with Gasteiger partial charge in [0.15, 0.2) is 0 Å². The first-order chi connectivity index (χ1) is 22.1. The molecule has 1 fully saturated rings. The summed E-state index contributed by atoms with van der Waals surface area (Å²) in [4.78, 5) is 30.2. The van der Waals surface area contributed by atoms with Gasteiger partial charge in [0.1, 0.15) is 12.6 Å². The number of anilines is 1. The van der Waals surface area contributed by atoms with Gasteiger partial charge in [0.05, 0.1) is 15.6 Å². The number of benzene rings is 4. The van der Waals surface area contributed by atoms with Crippen LogP contribution in [0.5, 0.6) is 0 Å². The number of carbonyl (C=O) groups excluding carboxylic acids is 2. The highest BCUT2D eigenvalue weighted by atomic mass is 35.5. The summed E-state index contributed by atoms with van der Waals surface area (Å²) < 4.78 is 29.3. The van der Waals surface area contributed by atoms with Crippen molar-refractivity contribution < 1.29 is 18.0 Å². The maximum atomic E-state index is 14.6. The maximum absolute atomic E-state index is 14.6. The Bertz CT molecular complexity index is 1760. The van der Waals surface area contributed by atoms with Crippen LogP contribution in [0.1, 0.15) is 42.4 Å². The monoisotopic (exact) mass is 677 g/mol. The molecule has 0 spiro atoms. The molecule has 5 rings (SSSR count). The largest absolute Gasteiger partial charge is 0.352 e. The van der Waals surface area contributed by atoms with Gasteiger partial charge in [-0.05, 0) is 61.2 Å². The molecular weight excluding hydrogens is 641 g/mol. The van der Waals surface area contributed by atoms with Gasteiger partial charge in [-0.25, -0.2) is 8.42 Å². The standard InChI is InChI=1S/C36H37Cl2N3O4S/c1-26-11-10-14-28(21-26)24-40(34(22-27-12-4-2-5-13-27)36(43)39-30-15-8-9-16-30)35(42)25-41(33-23-29(37)19-20-32(33)38)46(44,45)31-17-6-3-7-18-31/h2-7,10-14,17-21,23,30,34H,8-9,15-16,22,24-25H2,1H3,(H,39,43). The summed E-state index contributed by atoms with van der Waals surface area (Å²) in [7, 11) is -4.28. The SMILES string of the molecule is Cc1cccc(CN(C(=O)CN(c2cc(Cl)ccc2Cl)S(=O)(=O)c2ccccc2)C(Cc2ccccc2)C(=O)NC2CCCC2)c1. The van der Waals surface area contributed by atoms with E-state index >= 15 is 0 Å². The molecule has 10 heteroatoms. The summed E-state index contributed by atoms with van der Waals surface area (Å²) >= 11 is 12.9. The summed E-state index contributed by atoms with van der Waals surface area (Å²) in [5.41, 5.74) is 2.76. The molecule has 1 atom stereocenters. The second-order valence-corrected chi connectivity index (χ2v) is 14.3. The van der Waals surface area contributed by atoms with Crippen molar-refractivity contribution in [2.24, 2.45) is 0 Å². The lowest BCUT2D eigenvalue weighted by Crippen LogP contribution is -2.54. The summed E-state index contributed by atoms with van der Waals surface area (Å²) in [6.45, 7) is 1.45. The molecule has 0 aliphatic heterocycles. The number of nitrogens with zero attached hydrogens (tertiary/aromatic N) is 2. The van der Waals surface area contributed by atoms with E-state index in [0.29, 0.717) is 0 Å². The van der Waals surface area contributed by atoms with E-state index in [1.807, 2.05) is 61.5 Å². The normalized spacial score (nSPS) is 14.1. The van der Waals surface area contributed by atoms with Crippen molar-refractivity contribution >= 4 is 50.7 Å². The van der Waals surface area contributed by atoms with E-state index < -0.39 is 28.5 Å². The minimum absolute atomic E-state index is 0.0103. The van der Waals surface area contributed by atoms with Gasteiger partial charge >= 0.3 is 0 Å². The molecule has 4 aromatic rings. The summed E-state index contributed by atoms with van der Waals surface area (Å²) in [5, 5.41) is 3.56. The molecule has 2 amide bonds. The summed E-state index contributed by atoms with van der Waals surface area (Å²) in [6, 6.07) is 28.7. The first kappa shape index (κ1) is 33.5. The minimum atomic E-state index is -4.28. The fourth-order valence-electron chi connectivity index (χ4n) is 5.84. The van der Waals surface area contributed by atoms with E-state index in [4.69, 9.17) is 23.2 Å². The van der Waals surface area contributed by atoms with Crippen LogP contribution in [-0.2, 0) is 32.6 Å². The van der Waals surface area contributed by atoms with Crippen molar-refractivity contribution in [2.75, 3.05) is 10.8 Å². The highest BCUT2D eigenvalue weighted by molar-refractivity contribution is 7.92. The van der Waals surface area contributed by atoms with Crippen LogP contribution in [0.3, 0.4) is 0 Å². The first-order valence-corrected chi connectivity index (χ1v) is 17.5. The summed E-state index contributed by atoms with van der Waals surface area (Å²) in [5.74, 6) is -0.824. The molecule has 1 N–H and O–H groups in total. The number of halogens is 2. The van der Waals surface area contributed by atoms with E-state index in [-0.39, 0.29) is 45.5 Å². The van der Waals surface area contributed by atoms with Crippen molar-refractivity contribution in [3.63, 3.8) is 0 Å². The fraction of sp³-hybridized carbons (Fsp3) is 0.278. The smallest absolute Gasteiger partial charge is 0.264 e. The van der Waals surface area contributed by atoms with E-state index in [1.54, 1.807) is 24.3 Å². The molecule has 0 aromatic heterocycles. The van der Waals surface area contributed by atoms with Crippen LogP contribution >= 0.6 is 23.2 Å². The Morgan fingerprint density at radius 2 is 1.50 bits per heavy atom. The highest BCUT2D eigenvalue weighted by Gasteiger charge is 2.36. The second kappa shape index (κ2) is 15.2. The van der Waals surface area contributed by atoms with E-state index in [0.717, 1.165) is 46.7 Å². The number of sulfonamides is 1. The van der Waals surface area contributed by atoms with Crippen LogP contribution in [0, 0.1) is 6.92 Å². The third kappa shape index (κ3) is 8.29. The summed E-state index contributed by atoms with van der Waals surface area (Å²) in [6.07, 6.45) is 4.08. The van der Waals surface area contributed by atoms with E-state index in [2.05, 4.69) is 5.32 Å². The second-order valence-electron chi connectivity index (χ2n) is 11.6. The number of hydrogen-bond acceptors (Lipinski definition) is 4. The molecule has 0 bridgehead atoms. The van der Waals surface area contributed by atoms with Crippen molar-refractivity contribution in [1.29, 1.82) is 0 Å². The van der Waals surface area contributed by atoms with Crippen LogP contribution in [0.4, 0.5) is 5.69 Å². The predicted octanol–water partition coefficient (Wildman–Crippen LogP) is 7.20. The van der Waals surface area contributed by atoms with Crippen molar-refractivity contribution in [2.45, 2.75) is 62.6 Å². The lowest BCUT2D eigenvalue weighted by Gasteiger charge is -2.34. The Kier molecular flexibility index (Phi) is 11.0. The zero-order valence-corrected chi connectivity index (χ0v) is 27.9. The number of rotatable bonds is 12. The topological polar surface area (TPSA) is 86.8 Å². The predicted molar refractivity (Wildman–Crippen MR) is 183 cm³/mol. The first-order valence-electron chi connectivity index (χ1n) is 15.3. The Morgan fingerprint density at radius 1 is 0.848 bits per heavy atom. The van der Waals surface area contributed by atoms with Crippen molar-refractivity contribution in [3.8, 4) is 0 Å². The van der Waals surface area contributed by atoms with Crippen molar-refractivity contribution in [1.82, 2.24) is 10.2 Å². The molecule has 46 heavy (non-hydrogen) atoms. The maximum Gasteiger partial charge on any atom is 0.264 e. The van der Waals surface area contributed by atoms with E-state index in [9.17, 15) is 18.0 Å². The number of aryl methyl sites for hydroxylation is 1. The van der Waals surface area contributed by atoms with Crippen LogP contribution in [-0.4, -0.2) is 43.8 Å². The number of carbonyl (C=O) groups is 2. The van der Waals surface area contributed by atoms with Crippen LogP contribution in [0.25, 0.3) is 0 Å². The number of hydrogen-bond donors (Lipinski definition) is 1. The van der Waals surface area contributed by atoms with E-state index in [1.165, 1.54) is 29.2 Å². The Hall–Kier alpha value is -3.85. The molecule has 1 aliphatic carbocycles. The fourth-order valence-corrected chi connectivity index (χ4v) is 7.72. The van der Waals surface area contributed by atoms with Crippen LogP contribution < -0.4 is 9.62 Å². The Labute approximate surface area is 281 Å². The number of amides is 2. The third-order valence-corrected chi connectivity index (χ3v) is 10.5. The van der Waals surface area contributed by atoms with Gasteiger partial charge in [0.25, 0.3) is 10.0 Å². The molecule has 1 aliphatic rings. The molecule has 0 saturated heterocycles. The Morgan fingerprint density at radius 3 is 2.17 bits per heavy atom. The third-order valence-electron chi connectivity index (χ3n) is 8.19. The molecule has 240 valence electrons. The lowest BCUT2D eigenvalue weighted by molar-refractivity contribution is -0.140. The molecular formula is C36H37Cl2N3O4S. The van der Waals surface area contributed by atoms with Crippen LogP contribution in [0.2, 0.25) is 10.0 Å². The molecule has 0 heterocycles. The molecule has 7 nitrogen and oxygen atoms in total. The molecule has 1 unspecified atom stereocenters. The van der Waals surface area contributed by atoms with Gasteiger partial charge < -0.3 is 10.2 Å². The highest BCUT2D eigenvalue weighted by Crippen LogP contribution is 2.33.